The van der Waals surface area contributed by atoms with Crippen molar-refractivity contribution in [2.24, 2.45) is 0 Å². The summed E-state index contributed by atoms with van der Waals surface area (Å²) in [7, 11) is 0. The van der Waals surface area contributed by atoms with Gasteiger partial charge < -0.3 is 4.74 Å². The predicted octanol–water partition coefficient (Wildman–Crippen LogP) is 3.83. The number of halogens is 3. The minimum atomic E-state index is -0.502. The number of hydrogen-bond donors (Lipinski definition) is 0. The van der Waals surface area contributed by atoms with E-state index in [9.17, 15) is 9.59 Å². The molecule has 17 heavy (non-hydrogen) atoms. The van der Waals surface area contributed by atoms with E-state index < -0.39 is 11.2 Å². The van der Waals surface area contributed by atoms with Crippen LogP contribution in [0.3, 0.4) is 0 Å². The minimum absolute atomic E-state index is 0.0833. The molecule has 0 saturated heterocycles. The Balaban J connectivity index is 2.53. The molecule has 1 aromatic carbocycles. The van der Waals surface area contributed by atoms with Gasteiger partial charge in [0.15, 0.2) is 5.75 Å². The number of carbonyl (C=O) groups is 2. The average Bonchev–Trinajstić information content (AvgIpc) is 2.23. The summed E-state index contributed by atoms with van der Waals surface area (Å²) < 4.78 is 5.00. The minimum Gasteiger partial charge on any atom is -0.423 e. The van der Waals surface area contributed by atoms with Crippen molar-refractivity contribution < 1.29 is 14.3 Å². The molecule has 0 heterocycles. The monoisotopic (exact) mass is 294 g/mol. The highest BCUT2D eigenvalue weighted by atomic mass is 35.5. The van der Waals surface area contributed by atoms with Gasteiger partial charge in [0.2, 0.25) is 5.24 Å². The van der Waals surface area contributed by atoms with Crippen LogP contribution in [0, 0.1) is 0 Å². The van der Waals surface area contributed by atoms with Crippen molar-refractivity contribution in [2.45, 2.75) is 19.3 Å². The summed E-state index contributed by atoms with van der Waals surface area (Å²) >= 11 is 16.8. The maximum atomic E-state index is 11.4. The van der Waals surface area contributed by atoms with Gasteiger partial charge in [-0.1, -0.05) is 29.3 Å². The highest BCUT2D eigenvalue weighted by Gasteiger charge is 2.12. The zero-order chi connectivity index (χ0) is 12.8. The van der Waals surface area contributed by atoms with E-state index in [-0.39, 0.29) is 28.6 Å². The van der Waals surface area contributed by atoms with Crippen molar-refractivity contribution in [3.8, 4) is 5.75 Å². The Labute approximate surface area is 114 Å². The third-order valence-electron chi connectivity index (χ3n) is 1.89. The lowest BCUT2D eigenvalue weighted by Gasteiger charge is -2.07. The Morgan fingerprint density at radius 1 is 1.12 bits per heavy atom. The SMILES string of the molecule is O=C(Cl)CCCC(=O)Oc1c(Cl)cccc1Cl. The van der Waals surface area contributed by atoms with Gasteiger partial charge in [-0.25, -0.2) is 0 Å². The van der Waals surface area contributed by atoms with Crippen LogP contribution in [-0.4, -0.2) is 11.2 Å². The van der Waals surface area contributed by atoms with Gasteiger partial charge in [-0.15, -0.1) is 0 Å². The fourth-order valence-corrected chi connectivity index (χ4v) is 1.72. The normalized spacial score (nSPS) is 10.1. The van der Waals surface area contributed by atoms with Crippen LogP contribution in [0.1, 0.15) is 19.3 Å². The average molecular weight is 296 g/mol. The number of hydrogen-bond acceptors (Lipinski definition) is 3. The van der Waals surface area contributed by atoms with Crippen molar-refractivity contribution in [1.29, 1.82) is 0 Å². The molecule has 0 aliphatic heterocycles. The quantitative estimate of drug-likeness (QED) is 0.471. The molecule has 0 atom stereocenters. The molecule has 0 aliphatic rings. The molecule has 0 aromatic heterocycles. The van der Waals surface area contributed by atoms with Crippen molar-refractivity contribution in [3.05, 3.63) is 28.2 Å². The molecular formula is C11H9Cl3O3. The van der Waals surface area contributed by atoms with Gasteiger partial charge in [-0.05, 0) is 30.2 Å². The van der Waals surface area contributed by atoms with Crippen molar-refractivity contribution >= 4 is 46.0 Å². The van der Waals surface area contributed by atoms with Crippen LogP contribution in [-0.2, 0) is 9.59 Å². The van der Waals surface area contributed by atoms with Crippen molar-refractivity contribution in [2.75, 3.05) is 0 Å². The topological polar surface area (TPSA) is 43.4 Å². The summed E-state index contributed by atoms with van der Waals surface area (Å²) in [6.45, 7) is 0. The van der Waals surface area contributed by atoms with E-state index in [2.05, 4.69) is 0 Å². The van der Waals surface area contributed by atoms with Gasteiger partial charge in [0.1, 0.15) is 0 Å². The van der Waals surface area contributed by atoms with E-state index >= 15 is 0 Å². The molecule has 6 heteroatoms. The van der Waals surface area contributed by atoms with Gasteiger partial charge in [0.05, 0.1) is 10.0 Å². The summed E-state index contributed by atoms with van der Waals surface area (Å²) in [5, 5.41) is 0.0483. The van der Waals surface area contributed by atoms with E-state index in [4.69, 9.17) is 39.5 Å². The first-order valence-electron chi connectivity index (χ1n) is 4.83. The fourth-order valence-electron chi connectivity index (χ4n) is 1.12. The zero-order valence-corrected chi connectivity index (χ0v) is 11.0. The molecule has 0 N–H and O–H groups in total. The number of benzene rings is 1. The van der Waals surface area contributed by atoms with Gasteiger partial charge in [0, 0.05) is 12.8 Å². The second-order valence-electron chi connectivity index (χ2n) is 3.23. The van der Waals surface area contributed by atoms with Gasteiger partial charge in [-0.3, -0.25) is 9.59 Å². The first-order valence-corrected chi connectivity index (χ1v) is 5.97. The van der Waals surface area contributed by atoms with E-state index in [0.29, 0.717) is 6.42 Å². The number of rotatable bonds is 5. The van der Waals surface area contributed by atoms with Crippen LogP contribution in [0.25, 0.3) is 0 Å². The lowest BCUT2D eigenvalue weighted by atomic mass is 10.2. The Kier molecular flexibility index (Phi) is 5.75. The predicted molar refractivity (Wildman–Crippen MR) is 66.8 cm³/mol. The van der Waals surface area contributed by atoms with Crippen LogP contribution in [0.15, 0.2) is 18.2 Å². The number of esters is 1. The molecule has 0 amide bonds. The van der Waals surface area contributed by atoms with Crippen LogP contribution in [0.5, 0.6) is 5.75 Å². The van der Waals surface area contributed by atoms with E-state index in [1.54, 1.807) is 18.2 Å². The number of carbonyl (C=O) groups excluding carboxylic acids is 2. The van der Waals surface area contributed by atoms with Gasteiger partial charge >= 0.3 is 5.97 Å². The van der Waals surface area contributed by atoms with Crippen molar-refractivity contribution in [1.82, 2.24) is 0 Å². The molecule has 0 bridgehead atoms. The molecule has 0 saturated carbocycles. The Hall–Kier alpha value is -0.770. The smallest absolute Gasteiger partial charge is 0.311 e. The van der Waals surface area contributed by atoms with E-state index in [1.165, 1.54) is 0 Å². The first kappa shape index (κ1) is 14.3. The molecule has 0 aliphatic carbocycles. The molecular weight excluding hydrogens is 286 g/mol. The Morgan fingerprint density at radius 2 is 1.71 bits per heavy atom. The number of para-hydroxylation sites is 1. The molecule has 0 fully saturated rings. The molecule has 92 valence electrons. The zero-order valence-electron chi connectivity index (χ0n) is 8.71. The van der Waals surface area contributed by atoms with Crippen LogP contribution < -0.4 is 4.74 Å². The third kappa shape index (κ3) is 4.94. The Bertz CT molecular complexity index is 412. The maximum absolute atomic E-state index is 11.4. The summed E-state index contributed by atoms with van der Waals surface area (Å²) in [5.74, 6) is -0.365. The van der Waals surface area contributed by atoms with Crippen LogP contribution in [0.4, 0.5) is 0 Å². The lowest BCUT2D eigenvalue weighted by molar-refractivity contribution is -0.134. The largest absolute Gasteiger partial charge is 0.423 e. The Morgan fingerprint density at radius 3 is 2.24 bits per heavy atom. The number of ether oxygens (including phenoxy) is 1. The van der Waals surface area contributed by atoms with E-state index in [0.717, 1.165) is 0 Å². The molecule has 0 radical (unpaired) electrons. The fraction of sp³-hybridized carbons (Fsp3) is 0.273. The molecule has 0 spiro atoms. The van der Waals surface area contributed by atoms with E-state index in [1.807, 2.05) is 0 Å². The maximum Gasteiger partial charge on any atom is 0.311 e. The van der Waals surface area contributed by atoms with Crippen LogP contribution in [0.2, 0.25) is 10.0 Å². The second kappa shape index (κ2) is 6.84. The third-order valence-corrected chi connectivity index (χ3v) is 2.67. The summed E-state index contributed by atoms with van der Waals surface area (Å²) in [4.78, 5) is 21.9. The highest BCUT2D eigenvalue weighted by molar-refractivity contribution is 6.63. The summed E-state index contributed by atoms with van der Waals surface area (Å²) in [6, 6.07) is 4.78. The molecule has 1 rings (SSSR count). The molecule has 0 unspecified atom stereocenters. The summed E-state index contributed by atoms with van der Waals surface area (Å²) in [5.41, 5.74) is 0. The first-order chi connectivity index (χ1) is 8.00. The highest BCUT2D eigenvalue weighted by Crippen LogP contribution is 2.32. The molecule has 3 nitrogen and oxygen atoms in total. The van der Waals surface area contributed by atoms with Crippen molar-refractivity contribution in [3.63, 3.8) is 0 Å². The second-order valence-corrected chi connectivity index (χ2v) is 4.47. The summed E-state index contributed by atoms with van der Waals surface area (Å²) in [6.07, 6.45) is 0.552. The molecule has 1 aromatic rings. The van der Waals surface area contributed by atoms with Gasteiger partial charge in [0.25, 0.3) is 0 Å². The van der Waals surface area contributed by atoms with Gasteiger partial charge in [-0.2, -0.15) is 0 Å². The standard InChI is InChI=1S/C11H9Cl3O3/c12-7-3-1-4-8(13)11(7)17-10(16)6-2-5-9(14)15/h1,3-4H,2,5-6H2. The van der Waals surface area contributed by atoms with Crippen LogP contribution >= 0.6 is 34.8 Å². The lowest BCUT2D eigenvalue weighted by Crippen LogP contribution is -2.08.